The fraction of sp³-hybridized carbons (Fsp3) is 1.00. The van der Waals surface area contributed by atoms with Crippen LogP contribution in [0.2, 0.25) is 0 Å². The van der Waals surface area contributed by atoms with Crippen LogP contribution in [0.4, 0.5) is 0 Å². The van der Waals surface area contributed by atoms with Gasteiger partial charge in [-0.2, -0.15) is 11.8 Å². The third-order valence-corrected chi connectivity index (χ3v) is 4.08. The topological polar surface area (TPSA) is 15.3 Å². The third-order valence-electron chi connectivity index (χ3n) is 3.37. The summed E-state index contributed by atoms with van der Waals surface area (Å²) in [5.74, 6) is 1.24. The Hall–Kier alpha value is 0.270. The van der Waals surface area contributed by atoms with E-state index in [2.05, 4.69) is 51.2 Å². The summed E-state index contributed by atoms with van der Waals surface area (Å²) >= 11 is 1.96. The Morgan fingerprint density at radius 3 is 2.24 bits per heavy atom. The summed E-state index contributed by atoms with van der Waals surface area (Å²) in [6.45, 7) is 10.2. The minimum Gasteiger partial charge on any atom is -0.313 e. The predicted octanol–water partition coefficient (Wildman–Crippen LogP) is 3.23. The maximum absolute atomic E-state index is 3.58. The Kier molecular flexibility index (Phi) is 10.4. The van der Waals surface area contributed by atoms with Crippen LogP contribution >= 0.6 is 11.8 Å². The van der Waals surface area contributed by atoms with Crippen molar-refractivity contribution in [1.82, 2.24) is 10.2 Å². The molecule has 0 aromatic rings. The van der Waals surface area contributed by atoms with E-state index in [1.807, 2.05) is 11.8 Å². The smallest absolute Gasteiger partial charge is 0.0220 e. The van der Waals surface area contributed by atoms with Gasteiger partial charge < -0.3 is 5.32 Å². The van der Waals surface area contributed by atoms with Crippen LogP contribution in [0.15, 0.2) is 0 Å². The fourth-order valence-electron chi connectivity index (χ4n) is 2.17. The molecule has 0 saturated heterocycles. The first-order chi connectivity index (χ1) is 8.06. The molecule has 0 aliphatic heterocycles. The lowest BCUT2D eigenvalue weighted by Gasteiger charge is -2.35. The number of nitrogens with one attached hydrogen (secondary N) is 1. The summed E-state index contributed by atoms with van der Waals surface area (Å²) < 4.78 is 0. The highest BCUT2D eigenvalue weighted by Crippen LogP contribution is 2.14. The highest BCUT2D eigenvalue weighted by molar-refractivity contribution is 7.98. The van der Waals surface area contributed by atoms with E-state index >= 15 is 0 Å². The van der Waals surface area contributed by atoms with Crippen molar-refractivity contribution in [3.8, 4) is 0 Å². The number of likely N-dealkylation sites (N-methyl/N-ethyl adjacent to an activating group) is 1. The summed E-state index contributed by atoms with van der Waals surface area (Å²) in [7, 11) is 2.30. The van der Waals surface area contributed by atoms with Gasteiger partial charge in [-0.1, -0.05) is 34.1 Å². The van der Waals surface area contributed by atoms with Gasteiger partial charge in [0, 0.05) is 30.4 Å². The lowest BCUT2D eigenvalue weighted by atomic mass is 10.1. The van der Waals surface area contributed by atoms with Gasteiger partial charge in [0.15, 0.2) is 0 Å². The minimum absolute atomic E-state index is 0.586. The number of nitrogens with zero attached hydrogens (tertiary/aromatic N) is 1. The standard InChI is InChI=1S/C14H32N2S/c1-7-9-14(10-15-12(3)4)16(5)13(8-2)11-17-6/h12-15H,7-11H2,1-6H3. The third kappa shape index (κ3) is 7.32. The van der Waals surface area contributed by atoms with Gasteiger partial charge in [-0.15, -0.1) is 0 Å². The molecule has 0 radical (unpaired) electrons. The van der Waals surface area contributed by atoms with Crippen molar-refractivity contribution in [2.45, 2.75) is 65.1 Å². The zero-order valence-electron chi connectivity index (χ0n) is 12.6. The first-order valence-corrected chi connectivity index (χ1v) is 8.40. The SMILES string of the molecule is CCCC(CNC(C)C)N(C)C(CC)CSC. The second-order valence-corrected chi connectivity index (χ2v) is 6.10. The molecule has 3 heteroatoms. The van der Waals surface area contributed by atoms with Crippen LogP contribution in [-0.4, -0.2) is 48.6 Å². The molecule has 0 aromatic heterocycles. The Balaban J connectivity index is 4.32. The molecule has 0 fully saturated rings. The minimum atomic E-state index is 0.586. The normalized spacial score (nSPS) is 15.5. The summed E-state index contributed by atoms with van der Waals surface area (Å²) in [5, 5.41) is 3.58. The zero-order chi connectivity index (χ0) is 13.3. The second-order valence-electron chi connectivity index (χ2n) is 5.19. The highest BCUT2D eigenvalue weighted by Gasteiger charge is 2.20. The predicted molar refractivity (Wildman–Crippen MR) is 82.1 cm³/mol. The molecule has 0 heterocycles. The maximum Gasteiger partial charge on any atom is 0.0220 e. The van der Waals surface area contributed by atoms with E-state index in [0.29, 0.717) is 12.1 Å². The molecular weight excluding hydrogens is 228 g/mol. The number of rotatable bonds is 10. The molecule has 0 amide bonds. The molecule has 17 heavy (non-hydrogen) atoms. The lowest BCUT2D eigenvalue weighted by Crippen LogP contribution is -2.47. The van der Waals surface area contributed by atoms with Crippen LogP contribution in [0.3, 0.4) is 0 Å². The molecule has 0 aliphatic carbocycles. The average molecular weight is 260 g/mol. The average Bonchev–Trinajstić information content (AvgIpc) is 2.30. The first kappa shape index (κ1) is 17.3. The maximum atomic E-state index is 3.58. The van der Waals surface area contributed by atoms with Gasteiger partial charge in [-0.05, 0) is 26.1 Å². The van der Waals surface area contributed by atoms with Crippen LogP contribution in [-0.2, 0) is 0 Å². The van der Waals surface area contributed by atoms with E-state index in [0.717, 1.165) is 12.6 Å². The van der Waals surface area contributed by atoms with Gasteiger partial charge in [-0.25, -0.2) is 0 Å². The molecular formula is C14H32N2S. The number of hydrogen-bond acceptors (Lipinski definition) is 3. The molecule has 2 unspecified atom stereocenters. The summed E-state index contributed by atoms with van der Waals surface area (Å²) in [6, 6.07) is 1.98. The molecule has 2 atom stereocenters. The number of thioether (sulfide) groups is 1. The summed E-state index contributed by atoms with van der Waals surface area (Å²) in [4.78, 5) is 2.59. The Bertz CT molecular complexity index is 174. The van der Waals surface area contributed by atoms with Gasteiger partial charge in [-0.3, -0.25) is 4.90 Å². The molecule has 0 aliphatic rings. The molecule has 2 nitrogen and oxygen atoms in total. The van der Waals surface area contributed by atoms with Gasteiger partial charge in [0.2, 0.25) is 0 Å². The van der Waals surface area contributed by atoms with E-state index in [1.165, 1.54) is 25.0 Å². The van der Waals surface area contributed by atoms with Gasteiger partial charge >= 0.3 is 0 Å². The van der Waals surface area contributed by atoms with E-state index < -0.39 is 0 Å². The van der Waals surface area contributed by atoms with Crippen molar-refractivity contribution < 1.29 is 0 Å². The lowest BCUT2D eigenvalue weighted by molar-refractivity contribution is 0.167. The van der Waals surface area contributed by atoms with Gasteiger partial charge in [0.1, 0.15) is 0 Å². The molecule has 0 spiro atoms. The zero-order valence-corrected chi connectivity index (χ0v) is 13.4. The molecule has 0 aromatic carbocycles. The van der Waals surface area contributed by atoms with E-state index in [1.54, 1.807) is 0 Å². The number of hydrogen-bond donors (Lipinski definition) is 1. The van der Waals surface area contributed by atoms with Crippen molar-refractivity contribution in [1.29, 1.82) is 0 Å². The molecule has 0 bridgehead atoms. The van der Waals surface area contributed by atoms with E-state index in [4.69, 9.17) is 0 Å². The van der Waals surface area contributed by atoms with Crippen LogP contribution in [0.5, 0.6) is 0 Å². The van der Waals surface area contributed by atoms with E-state index in [9.17, 15) is 0 Å². The summed E-state index contributed by atoms with van der Waals surface area (Å²) in [6.07, 6.45) is 6.02. The van der Waals surface area contributed by atoms with Crippen LogP contribution in [0, 0.1) is 0 Å². The van der Waals surface area contributed by atoms with Crippen molar-refractivity contribution in [3.05, 3.63) is 0 Å². The molecule has 104 valence electrons. The Morgan fingerprint density at radius 1 is 1.18 bits per heavy atom. The van der Waals surface area contributed by atoms with E-state index in [-0.39, 0.29) is 0 Å². The van der Waals surface area contributed by atoms with Crippen LogP contribution < -0.4 is 5.32 Å². The molecule has 1 N–H and O–H groups in total. The highest BCUT2D eigenvalue weighted by atomic mass is 32.2. The van der Waals surface area contributed by atoms with Crippen molar-refractivity contribution >= 4 is 11.8 Å². The Labute approximate surface area is 113 Å². The second kappa shape index (κ2) is 10.2. The van der Waals surface area contributed by atoms with Crippen LogP contribution in [0.1, 0.15) is 47.0 Å². The quantitative estimate of drug-likeness (QED) is 0.649. The monoisotopic (exact) mass is 260 g/mol. The fourth-order valence-corrected chi connectivity index (χ4v) is 3.02. The van der Waals surface area contributed by atoms with Crippen LogP contribution in [0.25, 0.3) is 0 Å². The van der Waals surface area contributed by atoms with Crippen molar-refractivity contribution in [2.75, 3.05) is 25.6 Å². The van der Waals surface area contributed by atoms with Crippen molar-refractivity contribution in [2.24, 2.45) is 0 Å². The first-order valence-electron chi connectivity index (χ1n) is 7.00. The Morgan fingerprint density at radius 2 is 1.82 bits per heavy atom. The summed E-state index contributed by atoms with van der Waals surface area (Å²) in [5.41, 5.74) is 0. The molecule has 0 saturated carbocycles. The molecule has 0 rings (SSSR count). The van der Waals surface area contributed by atoms with Gasteiger partial charge in [0.05, 0.1) is 0 Å². The van der Waals surface area contributed by atoms with Gasteiger partial charge in [0.25, 0.3) is 0 Å². The largest absolute Gasteiger partial charge is 0.313 e. The van der Waals surface area contributed by atoms with Crippen molar-refractivity contribution in [3.63, 3.8) is 0 Å².